The van der Waals surface area contributed by atoms with Gasteiger partial charge in [-0.1, -0.05) is 16.8 Å². The summed E-state index contributed by atoms with van der Waals surface area (Å²) < 4.78 is 0. The highest BCUT2D eigenvalue weighted by molar-refractivity contribution is 6.33. The van der Waals surface area contributed by atoms with Gasteiger partial charge in [-0.05, 0) is 25.1 Å². The number of isocyanates is 1. The summed E-state index contributed by atoms with van der Waals surface area (Å²) >= 11 is 5.89. The molecule has 0 radical (unpaired) electrons. The number of nitrogens with zero attached hydrogens (tertiary/aromatic N) is 2. The topological polar surface area (TPSA) is 51.0 Å². The second-order valence-electron chi connectivity index (χ2n) is 2.56. The highest BCUT2D eigenvalue weighted by Gasteiger charge is 1.99. The van der Waals surface area contributed by atoms with Crippen molar-refractivity contribution in [1.82, 2.24) is 0 Å². The molecule has 0 saturated heterocycles. The normalized spacial score (nSPS) is 10.0. The SMILES string of the molecule is CCON=Cc1cc(N=C=O)ccc1Cl. The number of benzene rings is 1. The predicted molar refractivity (Wildman–Crippen MR) is 58.5 cm³/mol. The first kappa shape index (κ1) is 11.4. The molecule has 0 aliphatic carbocycles. The molecule has 1 rings (SSSR count). The molecule has 5 heteroatoms. The highest BCUT2D eigenvalue weighted by Crippen LogP contribution is 2.20. The van der Waals surface area contributed by atoms with E-state index in [0.29, 0.717) is 22.9 Å². The number of rotatable bonds is 4. The number of hydrogen-bond donors (Lipinski definition) is 0. The van der Waals surface area contributed by atoms with Crippen LogP contribution in [0.15, 0.2) is 28.3 Å². The summed E-state index contributed by atoms with van der Waals surface area (Å²) in [6, 6.07) is 4.87. The second kappa shape index (κ2) is 5.96. The van der Waals surface area contributed by atoms with Crippen LogP contribution in [0.4, 0.5) is 5.69 Å². The Morgan fingerprint density at radius 2 is 2.40 bits per heavy atom. The summed E-state index contributed by atoms with van der Waals surface area (Å²) in [5.41, 5.74) is 1.12. The Bertz CT molecular complexity index is 412. The van der Waals surface area contributed by atoms with E-state index < -0.39 is 0 Å². The van der Waals surface area contributed by atoms with E-state index in [2.05, 4.69) is 10.1 Å². The zero-order valence-electron chi connectivity index (χ0n) is 8.11. The third-order valence-corrected chi connectivity index (χ3v) is 1.89. The van der Waals surface area contributed by atoms with Gasteiger partial charge in [-0.3, -0.25) is 0 Å². The Balaban J connectivity index is 2.94. The van der Waals surface area contributed by atoms with E-state index in [-0.39, 0.29) is 0 Å². The average Bonchev–Trinajstić information content (AvgIpc) is 2.23. The average molecular weight is 225 g/mol. The maximum Gasteiger partial charge on any atom is 0.240 e. The first-order chi connectivity index (χ1) is 7.27. The zero-order valence-corrected chi connectivity index (χ0v) is 8.86. The summed E-state index contributed by atoms with van der Waals surface area (Å²) in [4.78, 5) is 18.3. The predicted octanol–water partition coefficient (Wildman–Crippen LogP) is 2.68. The maximum atomic E-state index is 10.0. The minimum atomic E-state index is 0.479. The van der Waals surface area contributed by atoms with Gasteiger partial charge in [-0.15, -0.1) is 0 Å². The smallest absolute Gasteiger partial charge is 0.240 e. The van der Waals surface area contributed by atoms with Crippen LogP contribution in [0, 0.1) is 0 Å². The molecule has 0 aromatic heterocycles. The molecule has 0 fully saturated rings. The highest BCUT2D eigenvalue weighted by atomic mass is 35.5. The van der Waals surface area contributed by atoms with Gasteiger partial charge in [0.1, 0.15) is 6.61 Å². The van der Waals surface area contributed by atoms with Crippen LogP contribution >= 0.6 is 11.6 Å². The van der Waals surface area contributed by atoms with Crippen molar-refractivity contribution in [3.05, 3.63) is 28.8 Å². The van der Waals surface area contributed by atoms with Gasteiger partial charge < -0.3 is 4.84 Å². The van der Waals surface area contributed by atoms with Gasteiger partial charge >= 0.3 is 0 Å². The van der Waals surface area contributed by atoms with Gasteiger partial charge in [-0.25, -0.2) is 4.79 Å². The minimum Gasteiger partial charge on any atom is -0.396 e. The van der Waals surface area contributed by atoms with Crippen LogP contribution in [0.5, 0.6) is 0 Å². The third kappa shape index (κ3) is 3.54. The fourth-order valence-corrected chi connectivity index (χ4v) is 1.09. The molecule has 0 unspecified atom stereocenters. The Labute approximate surface area is 92.2 Å². The maximum absolute atomic E-state index is 10.0. The zero-order chi connectivity index (χ0) is 11.1. The van der Waals surface area contributed by atoms with Crippen LogP contribution in [0.25, 0.3) is 0 Å². The molecule has 0 N–H and O–H groups in total. The molecule has 0 heterocycles. The van der Waals surface area contributed by atoms with Crippen LogP contribution in [0.3, 0.4) is 0 Å². The van der Waals surface area contributed by atoms with E-state index in [1.807, 2.05) is 6.92 Å². The Kier molecular flexibility index (Phi) is 4.54. The van der Waals surface area contributed by atoms with Crippen molar-refractivity contribution in [1.29, 1.82) is 0 Å². The molecule has 0 atom stereocenters. The Morgan fingerprint density at radius 1 is 1.60 bits per heavy atom. The number of hydrogen-bond acceptors (Lipinski definition) is 4. The van der Waals surface area contributed by atoms with E-state index in [0.717, 1.165) is 0 Å². The van der Waals surface area contributed by atoms with E-state index in [1.54, 1.807) is 18.2 Å². The largest absolute Gasteiger partial charge is 0.396 e. The number of oxime groups is 1. The first-order valence-corrected chi connectivity index (χ1v) is 4.68. The van der Waals surface area contributed by atoms with Crippen molar-refractivity contribution in [3.63, 3.8) is 0 Å². The molecule has 4 nitrogen and oxygen atoms in total. The molecule has 0 amide bonds. The van der Waals surface area contributed by atoms with Gasteiger partial charge in [0.25, 0.3) is 0 Å². The molecule has 1 aromatic rings. The van der Waals surface area contributed by atoms with E-state index in [1.165, 1.54) is 12.3 Å². The molecule has 0 aliphatic heterocycles. The molecule has 0 aliphatic rings. The van der Waals surface area contributed by atoms with Gasteiger partial charge in [0.2, 0.25) is 6.08 Å². The lowest BCUT2D eigenvalue weighted by atomic mass is 10.2. The van der Waals surface area contributed by atoms with Crippen molar-refractivity contribution in [2.24, 2.45) is 10.1 Å². The lowest BCUT2D eigenvalue weighted by Crippen LogP contribution is -1.85. The van der Waals surface area contributed by atoms with E-state index >= 15 is 0 Å². The standard InChI is InChI=1S/C10H9ClN2O2/c1-2-15-13-6-8-5-9(12-7-14)3-4-10(8)11/h3-6H,2H2,1H3. The molecule has 0 bridgehead atoms. The van der Waals surface area contributed by atoms with Gasteiger partial charge in [0, 0.05) is 10.6 Å². The van der Waals surface area contributed by atoms with Gasteiger partial charge in [0.15, 0.2) is 0 Å². The van der Waals surface area contributed by atoms with Crippen molar-refractivity contribution in [2.75, 3.05) is 6.61 Å². The molecule has 15 heavy (non-hydrogen) atoms. The van der Waals surface area contributed by atoms with Crippen molar-refractivity contribution >= 4 is 29.6 Å². The number of halogens is 1. The van der Waals surface area contributed by atoms with Crippen LogP contribution in [-0.4, -0.2) is 18.9 Å². The summed E-state index contributed by atoms with van der Waals surface area (Å²) in [5.74, 6) is 0. The lowest BCUT2D eigenvalue weighted by molar-refractivity contribution is 0.160. The monoisotopic (exact) mass is 224 g/mol. The van der Waals surface area contributed by atoms with Crippen molar-refractivity contribution in [3.8, 4) is 0 Å². The molecule has 78 valence electrons. The number of aliphatic imine (C=N–C) groups is 1. The summed E-state index contributed by atoms with van der Waals surface area (Å²) in [7, 11) is 0. The van der Waals surface area contributed by atoms with Crippen LogP contribution < -0.4 is 0 Å². The first-order valence-electron chi connectivity index (χ1n) is 4.30. The van der Waals surface area contributed by atoms with Gasteiger partial charge in [-0.2, -0.15) is 4.99 Å². The van der Waals surface area contributed by atoms with Crippen LogP contribution in [0.1, 0.15) is 12.5 Å². The third-order valence-electron chi connectivity index (χ3n) is 1.55. The minimum absolute atomic E-state index is 0.479. The van der Waals surface area contributed by atoms with E-state index in [4.69, 9.17) is 16.4 Å². The number of carbonyl (C=O) groups excluding carboxylic acids is 1. The fraction of sp³-hybridized carbons (Fsp3) is 0.200. The lowest BCUT2D eigenvalue weighted by Gasteiger charge is -1.98. The van der Waals surface area contributed by atoms with Crippen LogP contribution in [-0.2, 0) is 9.63 Å². The van der Waals surface area contributed by atoms with Gasteiger partial charge in [0.05, 0.1) is 11.9 Å². The summed E-state index contributed by atoms with van der Waals surface area (Å²) in [6.45, 7) is 2.31. The fourth-order valence-electron chi connectivity index (χ4n) is 0.921. The molecule has 0 spiro atoms. The second-order valence-corrected chi connectivity index (χ2v) is 2.97. The summed E-state index contributed by atoms with van der Waals surface area (Å²) in [6.07, 6.45) is 2.92. The Hall–Kier alpha value is -1.64. The Morgan fingerprint density at radius 3 is 3.07 bits per heavy atom. The molecular weight excluding hydrogens is 216 g/mol. The van der Waals surface area contributed by atoms with Crippen molar-refractivity contribution < 1.29 is 9.63 Å². The molecule has 0 saturated carbocycles. The quantitative estimate of drug-likeness (QED) is 0.449. The van der Waals surface area contributed by atoms with Crippen molar-refractivity contribution in [2.45, 2.75) is 6.92 Å². The molecular formula is C10H9ClN2O2. The van der Waals surface area contributed by atoms with Crippen LogP contribution in [0.2, 0.25) is 5.02 Å². The summed E-state index contributed by atoms with van der Waals surface area (Å²) in [5, 5.41) is 4.19. The van der Waals surface area contributed by atoms with E-state index in [9.17, 15) is 4.79 Å². The molecule has 1 aromatic carbocycles.